The van der Waals surface area contributed by atoms with E-state index in [1.165, 1.54) is 0 Å². The highest BCUT2D eigenvalue weighted by Crippen LogP contribution is 2.25. The molecule has 0 aliphatic carbocycles. The standard InChI is InChI=1S/C22H26N2O4/c1-3-27-19-11-9-17(10-12-19)15-23(2)22(26)16-28-20-7-4-6-18(14-20)24-13-5-8-21(24)25/h4,6-7,9-12,14H,3,5,8,13,15-16H2,1-2H3. The smallest absolute Gasteiger partial charge is 0.260 e. The summed E-state index contributed by atoms with van der Waals surface area (Å²) in [5.74, 6) is 1.42. The van der Waals surface area contributed by atoms with Crippen molar-refractivity contribution in [3.05, 3.63) is 54.1 Å². The van der Waals surface area contributed by atoms with Crippen molar-refractivity contribution in [1.29, 1.82) is 0 Å². The molecule has 3 rings (SSSR count). The molecule has 1 aliphatic rings. The van der Waals surface area contributed by atoms with Crippen molar-refractivity contribution in [1.82, 2.24) is 4.90 Å². The molecular formula is C22H26N2O4. The van der Waals surface area contributed by atoms with Crippen LogP contribution in [-0.4, -0.2) is 43.5 Å². The van der Waals surface area contributed by atoms with Crippen LogP contribution in [0.1, 0.15) is 25.3 Å². The first kappa shape index (κ1) is 19.7. The summed E-state index contributed by atoms with van der Waals surface area (Å²) >= 11 is 0. The van der Waals surface area contributed by atoms with Gasteiger partial charge in [-0.05, 0) is 43.2 Å². The van der Waals surface area contributed by atoms with Gasteiger partial charge in [0.15, 0.2) is 6.61 Å². The number of hydrogen-bond acceptors (Lipinski definition) is 4. The molecule has 0 radical (unpaired) electrons. The second-order valence-corrected chi connectivity index (χ2v) is 6.76. The number of carbonyl (C=O) groups is 2. The minimum absolute atomic E-state index is 0.0507. The zero-order chi connectivity index (χ0) is 19.9. The van der Waals surface area contributed by atoms with Crippen molar-refractivity contribution in [2.45, 2.75) is 26.3 Å². The number of amides is 2. The van der Waals surface area contributed by atoms with Crippen molar-refractivity contribution in [2.24, 2.45) is 0 Å². The summed E-state index contributed by atoms with van der Waals surface area (Å²) in [7, 11) is 1.75. The summed E-state index contributed by atoms with van der Waals surface area (Å²) in [5.41, 5.74) is 1.84. The van der Waals surface area contributed by atoms with Gasteiger partial charge in [0.25, 0.3) is 5.91 Å². The number of benzene rings is 2. The third-order valence-electron chi connectivity index (χ3n) is 4.64. The molecule has 1 saturated heterocycles. The number of rotatable bonds is 8. The highest BCUT2D eigenvalue weighted by Gasteiger charge is 2.22. The first-order valence-corrected chi connectivity index (χ1v) is 9.55. The third kappa shape index (κ3) is 5.03. The quantitative estimate of drug-likeness (QED) is 0.703. The van der Waals surface area contributed by atoms with Crippen LogP contribution in [0.4, 0.5) is 5.69 Å². The molecule has 2 amide bonds. The van der Waals surface area contributed by atoms with E-state index in [1.807, 2.05) is 49.4 Å². The predicted octanol–water partition coefficient (Wildman–Crippen LogP) is 3.25. The van der Waals surface area contributed by atoms with Crippen LogP contribution in [0.3, 0.4) is 0 Å². The second kappa shape index (κ2) is 9.26. The molecular weight excluding hydrogens is 356 g/mol. The Morgan fingerprint density at radius 1 is 1.11 bits per heavy atom. The molecule has 28 heavy (non-hydrogen) atoms. The minimum atomic E-state index is -0.114. The Bertz CT molecular complexity index is 820. The van der Waals surface area contributed by atoms with Gasteiger partial charge < -0.3 is 19.3 Å². The molecule has 0 atom stereocenters. The van der Waals surface area contributed by atoms with Crippen molar-refractivity contribution in [2.75, 3.05) is 31.7 Å². The molecule has 1 heterocycles. The van der Waals surface area contributed by atoms with Crippen LogP contribution in [0.5, 0.6) is 11.5 Å². The average molecular weight is 382 g/mol. The molecule has 2 aromatic carbocycles. The number of ether oxygens (including phenoxy) is 2. The predicted molar refractivity (Wildman–Crippen MR) is 108 cm³/mol. The lowest BCUT2D eigenvalue weighted by Gasteiger charge is -2.19. The fourth-order valence-corrected chi connectivity index (χ4v) is 3.14. The molecule has 0 aromatic heterocycles. The molecule has 1 aliphatic heterocycles. The molecule has 148 valence electrons. The van der Waals surface area contributed by atoms with Gasteiger partial charge in [-0.15, -0.1) is 0 Å². The van der Waals surface area contributed by atoms with Gasteiger partial charge in [-0.3, -0.25) is 9.59 Å². The lowest BCUT2D eigenvalue weighted by molar-refractivity contribution is -0.132. The molecule has 6 nitrogen and oxygen atoms in total. The van der Waals surface area contributed by atoms with E-state index in [4.69, 9.17) is 9.47 Å². The highest BCUT2D eigenvalue weighted by molar-refractivity contribution is 5.95. The Balaban J connectivity index is 1.52. The van der Waals surface area contributed by atoms with Crippen LogP contribution in [-0.2, 0) is 16.1 Å². The van der Waals surface area contributed by atoms with Crippen molar-refractivity contribution >= 4 is 17.5 Å². The summed E-state index contributed by atoms with van der Waals surface area (Å²) in [6.07, 6.45) is 1.46. The van der Waals surface area contributed by atoms with Crippen LogP contribution < -0.4 is 14.4 Å². The summed E-state index contributed by atoms with van der Waals surface area (Å²) in [6.45, 7) is 3.75. The van der Waals surface area contributed by atoms with Crippen LogP contribution >= 0.6 is 0 Å². The van der Waals surface area contributed by atoms with E-state index in [0.29, 0.717) is 25.3 Å². The zero-order valence-corrected chi connectivity index (χ0v) is 16.4. The van der Waals surface area contributed by atoms with Crippen molar-refractivity contribution in [3.63, 3.8) is 0 Å². The number of anilines is 1. The van der Waals surface area contributed by atoms with Gasteiger partial charge in [0.05, 0.1) is 6.61 Å². The lowest BCUT2D eigenvalue weighted by Crippen LogP contribution is -2.31. The SMILES string of the molecule is CCOc1ccc(CN(C)C(=O)COc2cccc(N3CCCC3=O)c2)cc1. The number of likely N-dealkylation sites (N-methyl/N-ethyl adjacent to an activating group) is 1. The van der Waals surface area contributed by atoms with E-state index < -0.39 is 0 Å². The molecule has 2 aromatic rings. The molecule has 0 bridgehead atoms. The number of nitrogens with zero attached hydrogens (tertiary/aromatic N) is 2. The van der Waals surface area contributed by atoms with E-state index in [-0.39, 0.29) is 18.4 Å². The van der Waals surface area contributed by atoms with Gasteiger partial charge in [-0.25, -0.2) is 0 Å². The van der Waals surface area contributed by atoms with Gasteiger partial charge >= 0.3 is 0 Å². The van der Waals surface area contributed by atoms with E-state index in [0.717, 1.165) is 30.0 Å². The van der Waals surface area contributed by atoms with Gasteiger partial charge in [-0.1, -0.05) is 18.2 Å². The number of hydrogen-bond donors (Lipinski definition) is 0. The van der Waals surface area contributed by atoms with E-state index >= 15 is 0 Å². The fourth-order valence-electron chi connectivity index (χ4n) is 3.14. The Labute approximate surface area is 165 Å². The maximum absolute atomic E-state index is 12.4. The molecule has 6 heteroatoms. The van der Waals surface area contributed by atoms with Crippen LogP contribution in [0, 0.1) is 0 Å². The topological polar surface area (TPSA) is 59.1 Å². The zero-order valence-electron chi connectivity index (χ0n) is 16.4. The van der Waals surface area contributed by atoms with E-state index in [9.17, 15) is 9.59 Å². The maximum Gasteiger partial charge on any atom is 0.260 e. The monoisotopic (exact) mass is 382 g/mol. The Morgan fingerprint density at radius 3 is 2.57 bits per heavy atom. The summed E-state index contributed by atoms with van der Waals surface area (Å²) < 4.78 is 11.1. The molecule has 0 unspecified atom stereocenters. The maximum atomic E-state index is 12.4. The molecule has 0 spiro atoms. The minimum Gasteiger partial charge on any atom is -0.494 e. The molecule has 1 fully saturated rings. The van der Waals surface area contributed by atoms with E-state index in [1.54, 1.807) is 22.9 Å². The first-order chi connectivity index (χ1) is 13.6. The molecule has 0 saturated carbocycles. The van der Waals surface area contributed by atoms with Crippen LogP contribution in [0.15, 0.2) is 48.5 Å². The summed E-state index contributed by atoms with van der Waals surface area (Å²) in [4.78, 5) is 27.7. The first-order valence-electron chi connectivity index (χ1n) is 9.55. The van der Waals surface area contributed by atoms with Crippen molar-refractivity contribution < 1.29 is 19.1 Å². The van der Waals surface area contributed by atoms with Crippen LogP contribution in [0.2, 0.25) is 0 Å². The molecule has 0 N–H and O–H groups in total. The number of carbonyl (C=O) groups excluding carboxylic acids is 2. The van der Waals surface area contributed by atoms with Gasteiger partial charge in [0, 0.05) is 38.3 Å². The van der Waals surface area contributed by atoms with Gasteiger partial charge in [-0.2, -0.15) is 0 Å². The highest BCUT2D eigenvalue weighted by atomic mass is 16.5. The van der Waals surface area contributed by atoms with Crippen molar-refractivity contribution in [3.8, 4) is 11.5 Å². The average Bonchev–Trinajstić information content (AvgIpc) is 3.14. The van der Waals surface area contributed by atoms with Gasteiger partial charge in [0.2, 0.25) is 5.91 Å². The Morgan fingerprint density at radius 2 is 1.89 bits per heavy atom. The van der Waals surface area contributed by atoms with E-state index in [2.05, 4.69) is 0 Å². The second-order valence-electron chi connectivity index (χ2n) is 6.76. The van der Waals surface area contributed by atoms with Gasteiger partial charge in [0.1, 0.15) is 11.5 Å². The van der Waals surface area contributed by atoms with Crippen LogP contribution in [0.25, 0.3) is 0 Å². The Kier molecular flexibility index (Phi) is 6.53. The normalized spacial score (nSPS) is 13.5. The summed E-state index contributed by atoms with van der Waals surface area (Å²) in [6, 6.07) is 15.0. The largest absolute Gasteiger partial charge is 0.494 e. The summed E-state index contributed by atoms with van der Waals surface area (Å²) in [5, 5.41) is 0. The fraction of sp³-hybridized carbons (Fsp3) is 0.364. The third-order valence-corrected chi connectivity index (χ3v) is 4.64. The Hall–Kier alpha value is -3.02. The lowest BCUT2D eigenvalue weighted by atomic mass is 10.2.